The van der Waals surface area contributed by atoms with Crippen molar-refractivity contribution in [1.82, 2.24) is 5.32 Å². The zero-order valence-electron chi connectivity index (χ0n) is 10.5. The Kier molecular flexibility index (Phi) is 2.89. The van der Waals surface area contributed by atoms with Crippen LogP contribution in [0.4, 0.5) is 10.5 Å². The molecule has 2 N–H and O–H groups in total. The smallest absolute Gasteiger partial charge is 0.327 e. The molecule has 2 aliphatic rings. The molecule has 1 aromatic rings. The highest BCUT2D eigenvalue weighted by atomic mass is 16.4. The minimum Gasteiger partial charge on any atom is -0.480 e. The van der Waals surface area contributed by atoms with E-state index < -0.39 is 12.0 Å². The van der Waals surface area contributed by atoms with Gasteiger partial charge in [0.15, 0.2) is 0 Å². The highest BCUT2D eigenvalue weighted by Gasteiger charge is 2.38. The lowest BCUT2D eigenvalue weighted by molar-refractivity contribution is -0.138. The molecule has 1 aliphatic heterocycles. The fourth-order valence-electron chi connectivity index (χ4n) is 2.47. The lowest BCUT2D eigenvalue weighted by Crippen LogP contribution is -2.48. The summed E-state index contributed by atoms with van der Waals surface area (Å²) in [5.74, 6) is -0.386. The van der Waals surface area contributed by atoms with Crippen LogP contribution in [0.3, 0.4) is 0 Å². The van der Waals surface area contributed by atoms with Crippen LogP contribution >= 0.6 is 0 Å². The fourth-order valence-corrected chi connectivity index (χ4v) is 2.47. The van der Waals surface area contributed by atoms with Gasteiger partial charge in [0.05, 0.1) is 0 Å². The van der Waals surface area contributed by atoms with Crippen molar-refractivity contribution in [3.05, 3.63) is 29.8 Å². The van der Waals surface area contributed by atoms with Crippen molar-refractivity contribution in [2.45, 2.75) is 25.3 Å². The highest BCUT2D eigenvalue weighted by Crippen LogP contribution is 2.32. The lowest BCUT2D eigenvalue weighted by atomic mass is 10.1. The molecular formula is C14H16N2O3. The van der Waals surface area contributed by atoms with Crippen LogP contribution in [0, 0.1) is 5.92 Å². The Morgan fingerprint density at radius 1 is 1.32 bits per heavy atom. The molecule has 5 nitrogen and oxygen atoms in total. The van der Waals surface area contributed by atoms with Gasteiger partial charge in [-0.05, 0) is 30.4 Å². The molecule has 3 rings (SSSR count). The van der Waals surface area contributed by atoms with E-state index in [1.807, 2.05) is 18.2 Å². The molecule has 2 amide bonds. The Morgan fingerprint density at radius 3 is 2.74 bits per heavy atom. The van der Waals surface area contributed by atoms with Gasteiger partial charge in [0.2, 0.25) is 0 Å². The number of anilines is 1. The zero-order chi connectivity index (χ0) is 13.4. The van der Waals surface area contributed by atoms with Gasteiger partial charge in [-0.15, -0.1) is 0 Å². The highest BCUT2D eigenvalue weighted by molar-refractivity contribution is 6.01. The SMILES string of the molecule is O=C(O)[C@@H]1Cc2ccccc2N1C(=O)NCC1CC1. The van der Waals surface area contributed by atoms with E-state index in [1.54, 1.807) is 6.07 Å². The van der Waals surface area contributed by atoms with E-state index in [9.17, 15) is 14.7 Å². The second kappa shape index (κ2) is 4.57. The van der Waals surface area contributed by atoms with Gasteiger partial charge in [0.25, 0.3) is 0 Å². The number of rotatable bonds is 3. The number of hydrogen-bond acceptors (Lipinski definition) is 2. The molecule has 0 spiro atoms. The van der Waals surface area contributed by atoms with E-state index >= 15 is 0 Å². The topological polar surface area (TPSA) is 69.6 Å². The first kappa shape index (κ1) is 12.0. The van der Waals surface area contributed by atoms with E-state index in [0.29, 0.717) is 24.6 Å². The third-order valence-electron chi connectivity index (χ3n) is 3.72. The Bertz CT molecular complexity index is 525. The van der Waals surface area contributed by atoms with Gasteiger partial charge in [0, 0.05) is 18.7 Å². The molecule has 0 radical (unpaired) electrons. The number of aliphatic carboxylic acids is 1. The van der Waals surface area contributed by atoms with E-state index in [4.69, 9.17) is 0 Å². The Hall–Kier alpha value is -2.04. The third-order valence-corrected chi connectivity index (χ3v) is 3.72. The van der Waals surface area contributed by atoms with E-state index in [2.05, 4.69) is 5.32 Å². The Labute approximate surface area is 111 Å². The molecule has 1 atom stereocenters. The minimum absolute atomic E-state index is 0.302. The molecule has 1 saturated carbocycles. The van der Waals surface area contributed by atoms with Crippen LogP contribution in [0.1, 0.15) is 18.4 Å². The number of hydrogen-bond donors (Lipinski definition) is 2. The van der Waals surface area contributed by atoms with E-state index in [0.717, 1.165) is 18.4 Å². The number of urea groups is 1. The van der Waals surface area contributed by atoms with Gasteiger partial charge in [-0.1, -0.05) is 18.2 Å². The summed E-state index contributed by atoms with van der Waals surface area (Å²) in [7, 11) is 0. The monoisotopic (exact) mass is 260 g/mol. The van der Waals surface area contributed by atoms with Crippen molar-refractivity contribution in [2.75, 3.05) is 11.4 Å². The molecule has 1 heterocycles. The van der Waals surface area contributed by atoms with Crippen LogP contribution in [0.5, 0.6) is 0 Å². The number of carboxylic acid groups (broad SMARTS) is 1. The summed E-state index contributed by atoms with van der Waals surface area (Å²) in [6.07, 6.45) is 2.68. The van der Waals surface area contributed by atoms with Crippen LogP contribution in [0.15, 0.2) is 24.3 Å². The van der Waals surface area contributed by atoms with Crippen molar-refractivity contribution in [1.29, 1.82) is 0 Å². The second-order valence-electron chi connectivity index (χ2n) is 5.19. The van der Waals surface area contributed by atoms with Crippen molar-refractivity contribution in [3.63, 3.8) is 0 Å². The van der Waals surface area contributed by atoms with Crippen LogP contribution in [-0.4, -0.2) is 29.7 Å². The van der Waals surface area contributed by atoms with Gasteiger partial charge in [-0.3, -0.25) is 4.90 Å². The van der Waals surface area contributed by atoms with Crippen molar-refractivity contribution in [2.24, 2.45) is 5.92 Å². The van der Waals surface area contributed by atoms with Crippen molar-refractivity contribution in [3.8, 4) is 0 Å². The Balaban J connectivity index is 1.82. The average Bonchev–Trinajstić information content (AvgIpc) is 3.14. The molecule has 1 aliphatic carbocycles. The number of benzene rings is 1. The summed E-state index contributed by atoms with van der Waals surface area (Å²) in [4.78, 5) is 24.9. The predicted octanol–water partition coefficient (Wildman–Crippen LogP) is 1.62. The number of amides is 2. The number of para-hydroxylation sites is 1. The van der Waals surface area contributed by atoms with Crippen molar-refractivity contribution >= 4 is 17.7 Å². The normalized spacial score (nSPS) is 21.1. The summed E-state index contributed by atoms with van der Waals surface area (Å²) in [5, 5.41) is 12.1. The molecule has 0 bridgehead atoms. The van der Waals surface area contributed by atoms with Crippen LogP contribution in [0.2, 0.25) is 0 Å². The zero-order valence-corrected chi connectivity index (χ0v) is 10.5. The van der Waals surface area contributed by atoms with Gasteiger partial charge < -0.3 is 10.4 Å². The first-order valence-corrected chi connectivity index (χ1v) is 6.54. The second-order valence-corrected chi connectivity index (χ2v) is 5.19. The number of fused-ring (bicyclic) bond motifs is 1. The fraction of sp³-hybridized carbons (Fsp3) is 0.429. The summed E-state index contributed by atoms with van der Waals surface area (Å²) < 4.78 is 0. The first-order chi connectivity index (χ1) is 9.16. The van der Waals surface area contributed by atoms with Gasteiger partial charge in [-0.25, -0.2) is 9.59 Å². The van der Waals surface area contributed by atoms with Crippen LogP contribution in [0.25, 0.3) is 0 Å². The summed E-state index contributed by atoms with van der Waals surface area (Å²) in [6.45, 7) is 0.643. The number of carbonyl (C=O) groups excluding carboxylic acids is 1. The molecule has 1 fully saturated rings. The van der Waals surface area contributed by atoms with Crippen LogP contribution < -0.4 is 10.2 Å². The predicted molar refractivity (Wildman–Crippen MR) is 70.2 cm³/mol. The van der Waals surface area contributed by atoms with Crippen molar-refractivity contribution < 1.29 is 14.7 Å². The number of carboxylic acids is 1. The first-order valence-electron chi connectivity index (χ1n) is 6.54. The molecule has 5 heteroatoms. The number of carbonyl (C=O) groups is 2. The van der Waals surface area contributed by atoms with Gasteiger partial charge >= 0.3 is 12.0 Å². The molecule has 0 unspecified atom stereocenters. The molecule has 100 valence electrons. The molecule has 19 heavy (non-hydrogen) atoms. The average molecular weight is 260 g/mol. The number of nitrogens with one attached hydrogen (secondary N) is 1. The van der Waals surface area contributed by atoms with E-state index in [1.165, 1.54) is 4.90 Å². The van der Waals surface area contributed by atoms with E-state index in [-0.39, 0.29) is 6.03 Å². The quantitative estimate of drug-likeness (QED) is 0.867. The van der Waals surface area contributed by atoms with Crippen LogP contribution in [-0.2, 0) is 11.2 Å². The largest absolute Gasteiger partial charge is 0.480 e. The summed E-state index contributed by atoms with van der Waals surface area (Å²) in [6, 6.07) is 6.27. The standard InChI is InChI=1S/C14H16N2O3/c17-13(18)12-7-10-3-1-2-4-11(10)16(12)14(19)15-8-9-5-6-9/h1-4,9,12H,5-8H2,(H,15,19)(H,17,18)/t12-/m0/s1. The van der Waals surface area contributed by atoms with Gasteiger partial charge in [-0.2, -0.15) is 0 Å². The summed E-state index contributed by atoms with van der Waals surface area (Å²) >= 11 is 0. The lowest BCUT2D eigenvalue weighted by Gasteiger charge is -2.23. The maximum Gasteiger partial charge on any atom is 0.327 e. The molecular weight excluding hydrogens is 244 g/mol. The maximum absolute atomic E-state index is 12.2. The summed E-state index contributed by atoms with van der Waals surface area (Å²) in [5.41, 5.74) is 1.62. The maximum atomic E-state index is 12.2. The molecule has 0 saturated heterocycles. The van der Waals surface area contributed by atoms with Gasteiger partial charge in [0.1, 0.15) is 6.04 Å². The number of nitrogens with zero attached hydrogens (tertiary/aromatic N) is 1. The third kappa shape index (κ3) is 2.28. The molecule has 1 aromatic carbocycles. The Morgan fingerprint density at radius 2 is 2.05 bits per heavy atom. The molecule has 0 aromatic heterocycles. The minimum atomic E-state index is -0.960.